The molecule has 0 amide bonds. The van der Waals surface area contributed by atoms with Crippen molar-refractivity contribution in [3.05, 3.63) is 54.0 Å². The van der Waals surface area contributed by atoms with Gasteiger partial charge in [0, 0.05) is 6.07 Å². The van der Waals surface area contributed by atoms with E-state index in [9.17, 15) is 13.9 Å². The molecule has 1 aromatic carbocycles. The molecule has 1 heterocycles. The van der Waals surface area contributed by atoms with Crippen LogP contribution in [-0.2, 0) is 11.3 Å². The molecule has 0 fully saturated rings. The Kier molecular flexibility index (Phi) is 5.09. The van der Waals surface area contributed by atoms with E-state index in [1.165, 1.54) is 6.26 Å². The molecule has 0 bridgehead atoms. The molecule has 1 aromatic heterocycles. The molecule has 20 heavy (non-hydrogen) atoms. The Morgan fingerprint density at radius 3 is 2.80 bits per heavy atom. The monoisotopic (exact) mass is 284 g/mol. The van der Waals surface area contributed by atoms with Crippen LogP contribution in [0.25, 0.3) is 0 Å². The van der Waals surface area contributed by atoms with Gasteiger partial charge in [-0.1, -0.05) is 0 Å². The lowest BCUT2D eigenvalue weighted by atomic mass is 10.3. The molecule has 0 aliphatic rings. The summed E-state index contributed by atoms with van der Waals surface area (Å²) in [5.41, 5.74) is 0. The average Bonchev–Trinajstić information content (AvgIpc) is 2.93. The highest BCUT2D eigenvalue weighted by Crippen LogP contribution is 2.18. The maximum absolute atomic E-state index is 13.2. The molecule has 1 N–H and O–H groups in total. The molecule has 4 nitrogen and oxygen atoms in total. The Hall–Kier alpha value is -1.92. The van der Waals surface area contributed by atoms with Crippen molar-refractivity contribution in [3.63, 3.8) is 0 Å². The highest BCUT2D eigenvalue weighted by atomic mass is 19.1. The van der Waals surface area contributed by atoms with E-state index in [0.29, 0.717) is 5.76 Å². The van der Waals surface area contributed by atoms with Crippen molar-refractivity contribution < 1.29 is 27.8 Å². The van der Waals surface area contributed by atoms with Crippen LogP contribution in [0.15, 0.2) is 41.0 Å². The number of furan rings is 1. The summed E-state index contributed by atoms with van der Waals surface area (Å²) in [5, 5.41) is 9.60. The highest BCUT2D eigenvalue weighted by Gasteiger charge is 2.10. The molecule has 1 unspecified atom stereocenters. The SMILES string of the molecule is OC(COCc1ccco1)COc1cc(F)ccc1F. The minimum absolute atomic E-state index is 0.00235. The van der Waals surface area contributed by atoms with Crippen LogP contribution in [0.3, 0.4) is 0 Å². The second-order valence-corrected chi connectivity index (χ2v) is 4.13. The van der Waals surface area contributed by atoms with Gasteiger partial charge in [-0.15, -0.1) is 0 Å². The summed E-state index contributed by atoms with van der Waals surface area (Å²) < 4.78 is 41.4. The van der Waals surface area contributed by atoms with Gasteiger partial charge < -0.3 is 19.0 Å². The maximum Gasteiger partial charge on any atom is 0.165 e. The molecule has 6 heteroatoms. The van der Waals surface area contributed by atoms with Crippen LogP contribution in [0.2, 0.25) is 0 Å². The van der Waals surface area contributed by atoms with Gasteiger partial charge in [-0.05, 0) is 24.3 Å². The van der Waals surface area contributed by atoms with E-state index in [-0.39, 0.29) is 25.6 Å². The van der Waals surface area contributed by atoms with Gasteiger partial charge in [0.25, 0.3) is 0 Å². The van der Waals surface area contributed by atoms with Crippen molar-refractivity contribution in [3.8, 4) is 5.75 Å². The number of rotatable bonds is 7. The van der Waals surface area contributed by atoms with Gasteiger partial charge >= 0.3 is 0 Å². The Bertz CT molecular complexity index is 528. The number of aliphatic hydroxyl groups is 1. The summed E-state index contributed by atoms with van der Waals surface area (Å²) in [6.45, 7) is 0.0224. The van der Waals surface area contributed by atoms with E-state index < -0.39 is 17.7 Å². The predicted octanol–water partition coefficient (Wildman–Crippen LogP) is 2.51. The zero-order valence-electron chi connectivity index (χ0n) is 10.6. The van der Waals surface area contributed by atoms with Crippen molar-refractivity contribution in [2.24, 2.45) is 0 Å². The van der Waals surface area contributed by atoms with Crippen LogP contribution in [0.5, 0.6) is 5.75 Å². The summed E-state index contributed by atoms with van der Waals surface area (Å²) in [4.78, 5) is 0. The van der Waals surface area contributed by atoms with Crippen molar-refractivity contribution >= 4 is 0 Å². The average molecular weight is 284 g/mol. The Balaban J connectivity index is 1.71. The van der Waals surface area contributed by atoms with E-state index in [1.807, 2.05) is 0 Å². The molecule has 0 aliphatic heterocycles. The number of hydrogen-bond acceptors (Lipinski definition) is 4. The van der Waals surface area contributed by atoms with E-state index in [1.54, 1.807) is 12.1 Å². The first kappa shape index (κ1) is 14.5. The van der Waals surface area contributed by atoms with Crippen LogP contribution < -0.4 is 4.74 Å². The van der Waals surface area contributed by atoms with E-state index in [2.05, 4.69) is 0 Å². The van der Waals surface area contributed by atoms with Gasteiger partial charge in [0.05, 0.1) is 12.9 Å². The molecule has 0 spiro atoms. The molecule has 2 rings (SSSR count). The van der Waals surface area contributed by atoms with E-state index in [4.69, 9.17) is 13.9 Å². The fraction of sp³-hybridized carbons (Fsp3) is 0.286. The Labute approximate surface area is 114 Å². The van der Waals surface area contributed by atoms with Gasteiger partial charge in [-0.3, -0.25) is 0 Å². The highest BCUT2D eigenvalue weighted by molar-refractivity contribution is 5.24. The zero-order valence-corrected chi connectivity index (χ0v) is 10.6. The molecule has 2 aromatic rings. The summed E-state index contributed by atoms with van der Waals surface area (Å²) in [7, 11) is 0. The third-order valence-corrected chi connectivity index (χ3v) is 2.46. The molecule has 0 saturated heterocycles. The molecular weight excluding hydrogens is 270 g/mol. The summed E-state index contributed by atoms with van der Waals surface area (Å²) >= 11 is 0. The molecule has 0 aliphatic carbocycles. The quantitative estimate of drug-likeness (QED) is 0.848. The van der Waals surface area contributed by atoms with Gasteiger partial charge in [-0.2, -0.15) is 0 Å². The second-order valence-electron chi connectivity index (χ2n) is 4.13. The topological polar surface area (TPSA) is 51.8 Å². The molecular formula is C14H14F2O4. The first-order valence-corrected chi connectivity index (χ1v) is 6.01. The van der Waals surface area contributed by atoms with Crippen molar-refractivity contribution in [2.75, 3.05) is 13.2 Å². The first-order valence-electron chi connectivity index (χ1n) is 6.01. The van der Waals surface area contributed by atoms with E-state index in [0.717, 1.165) is 18.2 Å². The standard InChI is InChI=1S/C14H14F2O4/c15-10-3-4-13(16)14(6-10)20-8-11(17)7-18-9-12-2-1-5-19-12/h1-6,11,17H,7-9H2. The van der Waals surface area contributed by atoms with Crippen molar-refractivity contribution in [2.45, 2.75) is 12.7 Å². The van der Waals surface area contributed by atoms with Crippen LogP contribution in [0.1, 0.15) is 5.76 Å². The Morgan fingerprint density at radius 2 is 2.05 bits per heavy atom. The normalized spacial score (nSPS) is 12.3. The van der Waals surface area contributed by atoms with Crippen LogP contribution in [-0.4, -0.2) is 24.4 Å². The zero-order chi connectivity index (χ0) is 14.4. The van der Waals surface area contributed by atoms with Gasteiger partial charge in [0.15, 0.2) is 11.6 Å². The number of benzene rings is 1. The van der Waals surface area contributed by atoms with Gasteiger partial charge in [0.1, 0.15) is 30.9 Å². The number of aliphatic hydroxyl groups excluding tert-OH is 1. The lowest BCUT2D eigenvalue weighted by Gasteiger charge is -2.12. The maximum atomic E-state index is 13.2. The van der Waals surface area contributed by atoms with Crippen LogP contribution in [0.4, 0.5) is 8.78 Å². The minimum atomic E-state index is -0.951. The third-order valence-electron chi connectivity index (χ3n) is 2.46. The molecule has 0 saturated carbocycles. The summed E-state index contributed by atoms with van der Waals surface area (Å²) in [6.07, 6.45) is 0.568. The summed E-state index contributed by atoms with van der Waals surface area (Å²) in [6, 6.07) is 6.34. The lowest BCUT2D eigenvalue weighted by molar-refractivity contribution is 0.000236. The van der Waals surface area contributed by atoms with Crippen molar-refractivity contribution in [1.29, 1.82) is 0 Å². The number of ether oxygens (including phenoxy) is 2. The molecule has 0 radical (unpaired) electrons. The molecule has 108 valence electrons. The van der Waals surface area contributed by atoms with Gasteiger partial charge in [0.2, 0.25) is 0 Å². The second kappa shape index (κ2) is 7.02. The lowest BCUT2D eigenvalue weighted by Crippen LogP contribution is -2.23. The molecule has 1 atom stereocenters. The predicted molar refractivity (Wildman–Crippen MR) is 66.2 cm³/mol. The van der Waals surface area contributed by atoms with Gasteiger partial charge in [-0.25, -0.2) is 8.78 Å². The number of halogens is 2. The number of hydrogen-bond donors (Lipinski definition) is 1. The fourth-order valence-corrected chi connectivity index (χ4v) is 1.51. The largest absolute Gasteiger partial charge is 0.488 e. The van der Waals surface area contributed by atoms with Crippen LogP contribution in [0, 0.1) is 11.6 Å². The Morgan fingerprint density at radius 1 is 1.20 bits per heavy atom. The van der Waals surface area contributed by atoms with E-state index >= 15 is 0 Å². The smallest absolute Gasteiger partial charge is 0.165 e. The summed E-state index contributed by atoms with van der Waals surface area (Å²) in [5.74, 6) is -0.899. The fourth-order valence-electron chi connectivity index (χ4n) is 1.51. The third kappa shape index (κ3) is 4.32. The van der Waals surface area contributed by atoms with Crippen molar-refractivity contribution in [1.82, 2.24) is 0 Å². The first-order chi connectivity index (χ1) is 9.65. The van der Waals surface area contributed by atoms with Crippen LogP contribution >= 0.6 is 0 Å². The minimum Gasteiger partial charge on any atom is -0.488 e.